The van der Waals surface area contributed by atoms with Crippen LogP contribution in [0.1, 0.15) is 64.9 Å². The molecule has 0 unspecified atom stereocenters. The Labute approximate surface area is 231 Å². The normalized spacial score (nSPS) is 24.9. The highest BCUT2D eigenvalue weighted by molar-refractivity contribution is 6.03. The molecule has 40 heavy (non-hydrogen) atoms. The molecule has 206 valence electrons. The average molecular weight is 541 g/mol. The first-order chi connectivity index (χ1) is 19.3. The van der Waals surface area contributed by atoms with Crippen LogP contribution in [0.4, 0.5) is 11.5 Å². The van der Waals surface area contributed by atoms with E-state index in [1.807, 2.05) is 18.5 Å². The first kappa shape index (κ1) is 24.8. The molecule has 10 heteroatoms. The lowest BCUT2D eigenvalue weighted by atomic mass is 9.49. The van der Waals surface area contributed by atoms with Crippen molar-refractivity contribution in [2.75, 3.05) is 12.4 Å². The maximum atomic E-state index is 13.1. The molecule has 0 saturated heterocycles. The van der Waals surface area contributed by atoms with Crippen molar-refractivity contribution in [1.29, 1.82) is 0 Å². The Kier molecular flexibility index (Phi) is 5.69. The van der Waals surface area contributed by atoms with Gasteiger partial charge in [0.1, 0.15) is 16.9 Å². The summed E-state index contributed by atoms with van der Waals surface area (Å²) in [4.78, 5) is 33.2. The summed E-state index contributed by atoms with van der Waals surface area (Å²) >= 11 is 0. The molecule has 2 N–H and O–H groups in total. The molecule has 4 aromatic rings. The third-order valence-corrected chi connectivity index (χ3v) is 9.43. The minimum Gasteiger partial charge on any atom is -0.478 e. The van der Waals surface area contributed by atoms with Crippen molar-refractivity contribution in [3.8, 4) is 11.1 Å². The van der Waals surface area contributed by atoms with Crippen LogP contribution in [-0.2, 0) is 11.3 Å². The molecule has 10 nitrogen and oxygen atoms in total. The number of hydrogen-bond acceptors (Lipinski definition) is 7. The van der Waals surface area contributed by atoms with Crippen LogP contribution < -0.4 is 5.32 Å². The van der Waals surface area contributed by atoms with Gasteiger partial charge in [0.15, 0.2) is 5.65 Å². The SMILES string of the molecule is COC(=O)c1c(-c2cnn(CC34CC5CC(CC(C5)C3)C4)c2C)ccn2c(Nc3ccncc3C(=O)O)cnc12. The second-order valence-electron chi connectivity index (χ2n) is 12.0. The van der Waals surface area contributed by atoms with Crippen molar-refractivity contribution < 1.29 is 19.4 Å². The minimum absolute atomic E-state index is 0.0318. The number of carbonyl (C=O) groups excluding carboxylic acids is 1. The number of methoxy groups -OCH3 is 1. The van der Waals surface area contributed by atoms with Gasteiger partial charge in [0.05, 0.1) is 25.2 Å². The minimum atomic E-state index is -1.09. The van der Waals surface area contributed by atoms with Crippen molar-refractivity contribution in [2.45, 2.75) is 52.0 Å². The molecule has 0 radical (unpaired) electrons. The van der Waals surface area contributed by atoms with E-state index in [-0.39, 0.29) is 5.56 Å². The summed E-state index contributed by atoms with van der Waals surface area (Å²) in [5.41, 5.74) is 4.10. The molecular weight excluding hydrogens is 508 g/mol. The predicted octanol–water partition coefficient (Wildman–Crippen LogP) is 5.35. The molecule has 0 aliphatic heterocycles. The number of aromatic carboxylic acids is 1. The molecule has 0 amide bonds. The van der Waals surface area contributed by atoms with Crippen LogP contribution in [0.2, 0.25) is 0 Å². The molecule has 0 aromatic carbocycles. The number of hydrogen-bond donors (Lipinski definition) is 2. The summed E-state index contributed by atoms with van der Waals surface area (Å²) in [5.74, 6) is 1.53. The number of rotatable bonds is 7. The highest BCUT2D eigenvalue weighted by Gasteiger charge is 2.51. The van der Waals surface area contributed by atoms with Crippen LogP contribution in [0.5, 0.6) is 0 Å². The standard InChI is InChI=1S/C30H32N6O4/c1-17-22(14-33-36(17)16-30-10-18-7-19(11-30)9-20(8-18)12-30)21-4-6-35-25(15-32-27(35)26(21)29(39)40-2)34-24-3-5-31-13-23(24)28(37)38/h3-6,13-15,18-20H,7-12,16H2,1-2H3,(H,31,34)(H,37,38). The van der Waals surface area contributed by atoms with Crippen molar-refractivity contribution in [1.82, 2.24) is 24.1 Å². The Morgan fingerprint density at radius 1 is 1.07 bits per heavy atom. The molecule has 0 spiro atoms. The molecule has 4 aromatic heterocycles. The quantitative estimate of drug-likeness (QED) is 0.301. The number of carboxylic acids is 1. The first-order valence-electron chi connectivity index (χ1n) is 13.9. The first-order valence-corrected chi connectivity index (χ1v) is 13.9. The van der Waals surface area contributed by atoms with Crippen LogP contribution in [0.15, 0.2) is 43.1 Å². The van der Waals surface area contributed by atoms with Crippen LogP contribution >= 0.6 is 0 Å². The Bertz CT molecular complexity index is 1620. The zero-order valence-electron chi connectivity index (χ0n) is 22.6. The largest absolute Gasteiger partial charge is 0.478 e. The van der Waals surface area contributed by atoms with Gasteiger partial charge in [0.25, 0.3) is 0 Å². The van der Waals surface area contributed by atoms with E-state index in [0.717, 1.165) is 35.6 Å². The Hall–Kier alpha value is -4.21. The monoisotopic (exact) mass is 540 g/mol. The fraction of sp³-hybridized carbons (Fsp3) is 0.433. The van der Waals surface area contributed by atoms with E-state index in [0.29, 0.717) is 33.7 Å². The molecule has 4 saturated carbocycles. The van der Waals surface area contributed by atoms with Crippen LogP contribution in [0.3, 0.4) is 0 Å². The van der Waals surface area contributed by atoms with Gasteiger partial charge >= 0.3 is 11.9 Å². The lowest BCUT2D eigenvalue weighted by Crippen LogP contribution is -2.48. The van der Waals surface area contributed by atoms with Crippen LogP contribution in [0, 0.1) is 30.1 Å². The summed E-state index contributed by atoms with van der Waals surface area (Å²) in [6.45, 7) is 3.00. The third-order valence-electron chi connectivity index (χ3n) is 9.43. The molecular formula is C30H32N6O4. The lowest BCUT2D eigenvalue weighted by molar-refractivity contribution is -0.0638. The summed E-state index contributed by atoms with van der Waals surface area (Å²) in [5, 5.41) is 17.5. The number of aromatic nitrogens is 5. The highest BCUT2D eigenvalue weighted by Crippen LogP contribution is 2.60. The number of esters is 1. The van der Waals surface area contributed by atoms with Gasteiger partial charge in [-0.3, -0.25) is 14.1 Å². The van der Waals surface area contributed by atoms with E-state index in [1.54, 1.807) is 16.7 Å². The molecule has 4 fully saturated rings. The number of anilines is 2. The highest BCUT2D eigenvalue weighted by atomic mass is 16.5. The van der Waals surface area contributed by atoms with Gasteiger partial charge in [-0.05, 0) is 80.8 Å². The molecule has 0 atom stereocenters. The molecule has 4 bridgehead atoms. The van der Waals surface area contributed by atoms with E-state index in [4.69, 9.17) is 9.84 Å². The number of imidazole rings is 1. The molecule has 4 heterocycles. The van der Waals surface area contributed by atoms with Gasteiger partial charge in [0.2, 0.25) is 0 Å². The molecule has 8 rings (SSSR count). The summed E-state index contributed by atoms with van der Waals surface area (Å²) in [7, 11) is 1.36. The number of carboxylic acid groups (broad SMARTS) is 1. The summed E-state index contributed by atoms with van der Waals surface area (Å²) < 4.78 is 9.06. The van der Waals surface area contributed by atoms with E-state index in [1.165, 1.54) is 58.0 Å². The summed E-state index contributed by atoms with van der Waals surface area (Å²) in [6, 6.07) is 3.45. The fourth-order valence-electron chi connectivity index (χ4n) is 8.15. The van der Waals surface area contributed by atoms with Crippen molar-refractivity contribution in [2.24, 2.45) is 23.2 Å². The van der Waals surface area contributed by atoms with Crippen molar-refractivity contribution in [3.63, 3.8) is 0 Å². The predicted molar refractivity (Wildman–Crippen MR) is 148 cm³/mol. The maximum Gasteiger partial charge on any atom is 0.342 e. The number of pyridine rings is 2. The number of fused-ring (bicyclic) bond motifs is 1. The fourth-order valence-corrected chi connectivity index (χ4v) is 8.15. The Balaban J connectivity index is 1.25. The zero-order chi connectivity index (χ0) is 27.6. The van der Waals surface area contributed by atoms with Gasteiger partial charge < -0.3 is 15.2 Å². The van der Waals surface area contributed by atoms with E-state index < -0.39 is 11.9 Å². The second-order valence-corrected chi connectivity index (χ2v) is 12.0. The van der Waals surface area contributed by atoms with E-state index in [2.05, 4.69) is 26.9 Å². The van der Waals surface area contributed by atoms with Crippen LogP contribution in [-0.4, -0.2) is 48.3 Å². The Morgan fingerprint density at radius 2 is 1.80 bits per heavy atom. The number of ether oxygens (including phenoxy) is 1. The Morgan fingerprint density at radius 3 is 2.48 bits per heavy atom. The molecule has 4 aliphatic carbocycles. The van der Waals surface area contributed by atoms with Crippen LogP contribution in [0.25, 0.3) is 16.8 Å². The number of nitrogens with one attached hydrogen (secondary N) is 1. The molecule has 4 aliphatic rings. The van der Waals surface area contributed by atoms with Gasteiger partial charge in [-0.15, -0.1) is 0 Å². The van der Waals surface area contributed by atoms with Gasteiger partial charge in [0, 0.05) is 42.0 Å². The lowest BCUT2D eigenvalue weighted by Gasteiger charge is -2.56. The maximum absolute atomic E-state index is 13.1. The third kappa shape index (κ3) is 3.96. The van der Waals surface area contributed by atoms with Gasteiger partial charge in [-0.1, -0.05) is 0 Å². The van der Waals surface area contributed by atoms with Crippen molar-refractivity contribution >= 4 is 29.1 Å². The summed E-state index contributed by atoms with van der Waals surface area (Å²) in [6.07, 6.45) is 16.2. The van der Waals surface area contributed by atoms with E-state index in [9.17, 15) is 14.7 Å². The number of carbonyl (C=O) groups is 2. The smallest absolute Gasteiger partial charge is 0.342 e. The van der Waals surface area contributed by atoms with Gasteiger partial charge in [-0.25, -0.2) is 14.6 Å². The second kappa shape index (κ2) is 9.18. The number of nitrogens with zero attached hydrogens (tertiary/aromatic N) is 5. The van der Waals surface area contributed by atoms with Gasteiger partial charge in [-0.2, -0.15) is 5.10 Å². The average Bonchev–Trinajstić information content (AvgIpc) is 3.49. The van der Waals surface area contributed by atoms with Crippen molar-refractivity contribution in [3.05, 3.63) is 59.9 Å². The van der Waals surface area contributed by atoms with E-state index >= 15 is 0 Å². The topological polar surface area (TPSA) is 124 Å². The zero-order valence-corrected chi connectivity index (χ0v) is 22.6.